The van der Waals surface area contributed by atoms with Crippen molar-refractivity contribution in [3.8, 4) is 0 Å². The van der Waals surface area contributed by atoms with Gasteiger partial charge in [-0.3, -0.25) is 4.55 Å². The summed E-state index contributed by atoms with van der Waals surface area (Å²) >= 11 is 23.9. The molecule has 0 unspecified atom stereocenters. The van der Waals surface area contributed by atoms with Crippen molar-refractivity contribution in [2.75, 3.05) is 33.7 Å². The van der Waals surface area contributed by atoms with Crippen LogP contribution in [0.25, 0.3) is 0 Å². The number of imidazole rings is 2. The number of hydrogen-bond donors (Lipinski definition) is 4. The van der Waals surface area contributed by atoms with Crippen LogP contribution in [-0.2, 0) is 26.7 Å². The highest BCUT2D eigenvalue weighted by Gasteiger charge is 2.37. The van der Waals surface area contributed by atoms with Crippen molar-refractivity contribution in [2.45, 2.75) is 40.9 Å². The molecule has 4 aromatic carbocycles. The summed E-state index contributed by atoms with van der Waals surface area (Å²) in [5, 5.41) is 5.05. The Balaban J connectivity index is 0.000000207. The number of hydrogen-bond acceptors (Lipinski definition) is 8. The summed E-state index contributed by atoms with van der Waals surface area (Å²) in [6, 6.07) is 16.4. The van der Waals surface area contributed by atoms with Gasteiger partial charge in [-0.15, -0.1) is 0 Å². The average molecular weight is 978 g/mol. The van der Waals surface area contributed by atoms with Gasteiger partial charge in [0.1, 0.15) is 34.9 Å². The fourth-order valence-electron chi connectivity index (χ4n) is 6.77. The van der Waals surface area contributed by atoms with E-state index in [1.165, 1.54) is 87.9 Å². The molecule has 0 atom stereocenters. The second-order valence-electron chi connectivity index (χ2n) is 14.0. The molecule has 330 valence electrons. The standard InChI is InChI=1S/C20H18Cl2F2N4O2S.C20H19Cl2F2N3O3S/c1-25-13-9-28(10-13)31(29,30)18-8-26-20(27-18)19(11-2-4-16(23)14(21)6-11)12-3-5-17(24)15(22)7-12;1-25-7-2-8-27-18(31(28,29)30)11-26-20(27)19(12-3-5-16(23)14(21)9-12)13-4-6-17(24)15(22)10-13/h2-8,13,19,25H,9-10H2,1H3,(H,26,27);3-6,9-11,19,25H,2,7-8H2,1H3,(H,28,29,30). The highest BCUT2D eigenvalue weighted by atomic mass is 35.5. The first kappa shape index (κ1) is 47.4. The summed E-state index contributed by atoms with van der Waals surface area (Å²) in [7, 11) is -4.79. The Morgan fingerprint density at radius 2 is 1.18 bits per heavy atom. The lowest BCUT2D eigenvalue weighted by molar-refractivity contribution is 0.236. The van der Waals surface area contributed by atoms with Gasteiger partial charge in [-0.25, -0.2) is 35.9 Å². The van der Waals surface area contributed by atoms with Crippen molar-refractivity contribution in [2.24, 2.45) is 0 Å². The topological polar surface area (TPSA) is 162 Å². The smallest absolute Gasteiger partial charge is 0.311 e. The van der Waals surface area contributed by atoms with Gasteiger partial charge in [0.05, 0.1) is 44.3 Å². The minimum absolute atomic E-state index is 0.0662. The molecule has 0 amide bonds. The molecule has 0 aliphatic carbocycles. The average Bonchev–Trinajstić information content (AvgIpc) is 3.86. The Morgan fingerprint density at radius 1 is 0.726 bits per heavy atom. The van der Waals surface area contributed by atoms with Crippen LogP contribution < -0.4 is 10.6 Å². The number of aromatic nitrogens is 4. The lowest BCUT2D eigenvalue weighted by Gasteiger charge is -2.37. The van der Waals surface area contributed by atoms with Crippen LogP contribution in [0.15, 0.2) is 95.2 Å². The molecule has 1 saturated heterocycles. The predicted octanol–water partition coefficient (Wildman–Crippen LogP) is 8.27. The number of aromatic amines is 1. The van der Waals surface area contributed by atoms with Crippen LogP contribution in [0.5, 0.6) is 0 Å². The van der Waals surface area contributed by atoms with Gasteiger partial charge in [-0.05, 0) is 97.8 Å². The van der Waals surface area contributed by atoms with Crippen LogP contribution in [0.4, 0.5) is 17.6 Å². The van der Waals surface area contributed by atoms with E-state index in [9.17, 15) is 39.0 Å². The van der Waals surface area contributed by atoms with Crippen molar-refractivity contribution in [3.63, 3.8) is 0 Å². The van der Waals surface area contributed by atoms with E-state index in [2.05, 4.69) is 25.6 Å². The lowest BCUT2D eigenvalue weighted by atomic mass is 9.90. The zero-order valence-electron chi connectivity index (χ0n) is 32.6. The highest BCUT2D eigenvalue weighted by Crippen LogP contribution is 2.37. The molecule has 12 nitrogen and oxygen atoms in total. The maximum absolute atomic E-state index is 13.8. The van der Waals surface area contributed by atoms with Crippen LogP contribution in [0.2, 0.25) is 20.1 Å². The lowest BCUT2D eigenvalue weighted by Crippen LogP contribution is -2.58. The summed E-state index contributed by atoms with van der Waals surface area (Å²) in [5.41, 5.74) is 2.03. The van der Waals surface area contributed by atoms with Gasteiger partial charge >= 0.3 is 10.1 Å². The van der Waals surface area contributed by atoms with Gasteiger partial charge in [0.2, 0.25) is 0 Å². The first-order valence-corrected chi connectivity index (χ1v) is 22.9. The molecule has 0 spiro atoms. The molecule has 0 saturated carbocycles. The van der Waals surface area contributed by atoms with E-state index in [4.69, 9.17) is 46.4 Å². The largest absolute Gasteiger partial charge is 0.331 e. The van der Waals surface area contributed by atoms with Crippen molar-refractivity contribution in [1.29, 1.82) is 0 Å². The Bertz CT molecular complexity index is 2710. The minimum Gasteiger partial charge on any atom is -0.331 e. The van der Waals surface area contributed by atoms with E-state index in [-0.39, 0.29) is 54.4 Å². The van der Waals surface area contributed by atoms with Gasteiger partial charge in [0.15, 0.2) is 10.1 Å². The first-order valence-electron chi connectivity index (χ1n) is 18.5. The Morgan fingerprint density at radius 3 is 1.58 bits per heavy atom. The Kier molecular flexibility index (Phi) is 15.1. The molecule has 7 rings (SSSR count). The van der Waals surface area contributed by atoms with Crippen LogP contribution >= 0.6 is 46.4 Å². The molecule has 4 N–H and O–H groups in total. The van der Waals surface area contributed by atoms with E-state index in [0.29, 0.717) is 48.3 Å². The minimum atomic E-state index is -4.57. The molecule has 3 heterocycles. The number of rotatable bonds is 14. The van der Waals surface area contributed by atoms with Gasteiger partial charge in [0.25, 0.3) is 10.0 Å². The second kappa shape index (κ2) is 19.8. The Hall–Kier alpha value is -4.08. The van der Waals surface area contributed by atoms with E-state index in [1.807, 2.05) is 0 Å². The highest BCUT2D eigenvalue weighted by molar-refractivity contribution is 7.89. The monoisotopic (exact) mass is 975 g/mol. The van der Waals surface area contributed by atoms with Crippen molar-refractivity contribution >= 4 is 66.5 Å². The molecule has 1 aliphatic rings. The van der Waals surface area contributed by atoms with E-state index >= 15 is 0 Å². The molecule has 0 radical (unpaired) electrons. The number of H-pyrrole nitrogens is 1. The number of nitrogens with one attached hydrogen (secondary N) is 3. The van der Waals surface area contributed by atoms with E-state index in [0.717, 1.165) is 6.20 Å². The Labute approximate surface area is 375 Å². The fourth-order valence-corrected chi connectivity index (χ4v) is 9.62. The third kappa shape index (κ3) is 10.5. The number of sulfonamides is 1. The molecule has 1 aliphatic heterocycles. The van der Waals surface area contributed by atoms with Gasteiger partial charge in [-0.2, -0.15) is 12.7 Å². The third-order valence-corrected chi connectivity index (χ3v) is 13.8. The zero-order valence-corrected chi connectivity index (χ0v) is 37.2. The second-order valence-corrected chi connectivity index (χ2v) is 18.9. The van der Waals surface area contributed by atoms with Crippen molar-refractivity contribution in [1.82, 2.24) is 34.5 Å². The maximum Gasteiger partial charge on any atom is 0.311 e. The van der Waals surface area contributed by atoms with Crippen LogP contribution in [0, 0.1) is 23.3 Å². The van der Waals surface area contributed by atoms with Gasteiger partial charge in [-0.1, -0.05) is 70.7 Å². The van der Waals surface area contributed by atoms with E-state index in [1.54, 1.807) is 14.1 Å². The molecule has 22 heteroatoms. The number of benzene rings is 4. The summed E-state index contributed by atoms with van der Waals surface area (Å²) < 4.78 is 117. The SMILES string of the molecule is CNC1CN(S(=O)(=O)c2cnc(C(c3ccc(F)c(Cl)c3)c3ccc(F)c(Cl)c3)[nH]2)C1.CNCCCn1c(S(=O)(=O)O)cnc1C(c1ccc(F)c(Cl)c1)c1ccc(F)c(Cl)c1. The molecule has 0 bridgehead atoms. The summed E-state index contributed by atoms with van der Waals surface area (Å²) in [4.78, 5) is 11.4. The van der Waals surface area contributed by atoms with Crippen LogP contribution in [0.3, 0.4) is 0 Å². The molecule has 6 aromatic rings. The maximum atomic E-state index is 13.8. The predicted molar refractivity (Wildman–Crippen MR) is 228 cm³/mol. The van der Waals surface area contributed by atoms with Crippen LogP contribution in [-0.4, -0.2) is 85.0 Å². The third-order valence-electron chi connectivity index (χ3n) is 10.0. The van der Waals surface area contributed by atoms with Crippen molar-refractivity contribution < 1.29 is 39.0 Å². The number of halogens is 8. The van der Waals surface area contributed by atoms with E-state index < -0.39 is 55.2 Å². The van der Waals surface area contributed by atoms with Gasteiger partial charge < -0.3 is 20.2 Å². The number of likely N-dealkylation sites (N-methyl/N-ethyl adjacent to an activating group) is 1. The molecule has 1 fully saturated rings. The first-order chi connectivity index (χ1) is 29.3. The molecular weight excluding hydrogens is 940 g/mol. The quantitative estimate of drug-likeness (QED) is 0.0479. The molecular formula is C40H37Cl4F4N7O5S2. The fraction of sp³-hybridized carbons (Fsp3) is 0.250. The summed E-state index contributed by atoms with van der Waals surface area (Å²) in [6.45, 7) is 1.51. The summed E-state index contributed by atoms with van der Waals surface area (Å²) in [6.07, 6.45) is 2.82. The normalized spacial score (nSPS) is 13.7. The van der Waals surface area contributed by atoms with Gasteiger partial charge in [0, 0.05) is 25.7 Å². The van der Waals surface area contributed by atoms with Crippen LogP contribution in [0.1, 0.15) is 52.2 Å². The number of nitrogens with zero attached hydrogens (tertiary/aromatic N) is 4. The molecule has 62 heavy (non-hydrogen) atoms. The zero-order chi connectivity index (χ0) is 45.1. The molecule has 2 aromatic heterocycles. The van der Waals surface area contributed by atoms with Crippen molar-refractivity contribution in [3.05, 3.63) is 162 Å². The summed E-state index contributed by atoms with van der Waals surface area (Å²) in [5.74, 6) is -3.37.